The van der Waals surface area contributed by atoms with E-state index in [9.17, 15) is 0 Å². The first-order valence-electron chi connectivity index (χ1n) is 9.34. The third kappa shape index (κ3) is 4.01. The monoisotopic (exact) mass is 575 g/mol. The quantitative estimate of drug-likeness (QED) is 0.273. The molecular formula is C23H17BN2O3Pt. The summed E-state index contributed by atoms with van der Waals surface area (Å²) in [6, 6.07) is 27.5. The zero-order valence-electron chi connectivity index (χ0n) is 16.4. The van der Waals surface area contributed by atoms with E-state index < -0.39 is 7.12 Å². The summed E-state index contributed by atoms with van der Waals surface area (Å²) in [7, 11) is -0.541. The van der Waals surface area contributed by atoms with Crippen molar-refractivity contribution in [1.82, 2.24) is 9.78 Å². The van der Waals surface area contributed by atoms with Crippen LogP contribution in [0.1, 0.15) is 11.4 Å². The summed E-state index contributed by atoms with van der Waals surface area (Å²) < 4.78 is 19.6. The van der Waals surface area contributed by atoms with E-state index in [-0.39, 0.29) is 21.1 Å². The van der Waals surface area contributed by atoms with E-state index >= 15 is 0 Å². The van der Waals surface area contributed by atoms with Crippen molar-refractivity contribution in [3.8, 4) is 28.7 Å². The van der Waals surface area contributed by atoms with Gasteiger partial charge in [-0.2, -0.15) is 23.3 Å². The van der Waals surface area contributed by atoms with Crippen molar-refractivity contribution in [2.24, 2.45) is 0 Å². The van der Waals surface area contributed by atoms with Gasteiger partial charge in [0, 0.05) is 17.2 Å². The first kappa shape index (κ1) is 20.3. The third-order valence-electron chi connectivity index (χ3n) is 4.57. The van der Waals surface area contributed by atoms with Crippen molar-refractivity contribution in [2.75, 3.05) is 0 Å². The Morgan fingerprint density at radius 2 is 1.53 bits per heavy atom. The van der Waals surface area contributed by atoms with Crippen molar-refractivity contribution < 1.29 is 35.1 Å². The molecule has 0 radical (unpaired) electrons. The number of hydrogen-bond donors (Lipinski definition) is 0. The number of ether oxygens (including phenoxy) is 1. The van der Waals surface area contributed by atoms with E-state index in [1.807, 2.05) is 85.3 Å². The van der Waals surface area contributed by atoms with Crippen LogP contribution in [-0.4, -0.2) is 16.9 Å². The Labute approximate surface area is 190 Å². The topological polar surface area (TPSA) is 45.5 Å². The molecule has 1 aliphatic rings. The molecule has 0 N–H and O–H groups in total. The number of nitrogens with zero attached hydrogens (tertiary/aromatic N) is 2. The van der Waals surface area contributed by atoms with E-state index in [0.717, 1.165) is 34.0 Å². The number of fused-ring (bicyclic) bond motifs is 1. The predicted octanol–water partition coefficient (Wildman–Crippen LogP) is 4.05. The summed E-state index contributed by atoms with van der Waals surface area (Å²) in [4.78, 5) is 0. The van der Waals surface area contributed by atoms with Gasteiger partial charge in [0.1, 0.15) is 11.5 Å². The maximum absolute atomic E-state index is 6.00. The van der Waals surface area contributed by atoms with Gasteiger partial charge >= 0.3 is 28.2 Å². The second-order valence-corrected chi connectivity index (χ2v) is 6.83. The second kappa shape index (κ2) is 8.41. The number of para-hydroxylation sites is 2. The molecule has 7 heteroatoms. The Balaban J connectivity index is 0.00000218. The molecule has 0 fully saturated rings. The van der Waals surface area contributed by atoms with Crippen molar-refractivity contribution in [3.63, 3.8) is 0 Å². The largest absolute Gasteiger partial charge is 2.00 e. The van der Waals surface area contributed by atoms with Gasteiger partial charge in [0.15, 0.2) is 0 Å². The molecule has 3 aromatic carbocycles. The van der Waals surface area contributed by atoms with Gasteiger partial charge in [-0.25, -0.2) is 0 Å². The smallest absolute Gasteiger partial charge is 0.521 e. The first-order chi connectivity index (χ1) is 14.2. The molecule has 0 amide bonds. The molecule has 5 nitrogen and oxygen atoms in total. The van der Waals surface area contributed by atoms with Crippen LogP contribution < -0.4 is 19.5 Å². The van der Waals surface area contributed by atoms with Gasteiger partial charge in [-0.05, 0) is 37.7 Å². The molecule has 0 bridgehead atoms. The number of aromatic nitrogens is 2. The average molecular weight is 575 g/mol. The molecular weight excluding hydrogens is 558 g/mol. The Bertz CT molecular complexity index is 1170. The van der Waals surface area contributed by atoms with Gasteiger partial charge in [0.2, 0.25) is 0 Å². The van der Waals surface area contributed by atoms with Crippen molar-refractivity contribution >= 4 is 12.6 Å². The number of benzene rings is 3. The van der Waals surface area contributed by atoms with E-state index in [1.54, 1.807) is 0 Å². The molecule has 30 heavy (non-hydrogen) atoms. The molecule has 1 aliphatic heterocycles. The van der Waals surface area contributed by atoms with Gasteiger partial charge in [-0.1, -0.05) is 17.6 Å². The van der Waals surface area contributed by atoms with Crippen LogP contribution in [0.3, 0.4) is 0 Å². The van der Waals surface area contributed by atoms with Gasteiger partial charge in [0.25, 0.3) is 0 Å². The van der Waals surface area contributed by atoms with Crippen LogP contribution in [0.2, 0.25) is 0 Å². The maximum atomic E-state index is 6.00. The van der Waals surface area contributed by atoms with Crippen molar-refractivity contribution in [3.05, 3.63) is 90.3 Å². The van der Waals surface area contributed by atoms with Crippen LogP contribution >= 0.6 is 0 Å². The molecule has 150 valence electrons. The number of rotatable bonds is 4. The third-order valence-corrected chi connectivity index (χ3v) is 4.57. The van der Waals surface area contributed by atoms with Crippen LogP contribution in [0, 0.1) is 26.0 Å². The Kier molecular flexibility index (Phi) is 5.69. The zero-order chi connectivity index (χ0) is 19.8. The van der Waals surface area contributed by atoms with Crippen molar-refractivity contribution in [2.45, 2.75) is 13.8 Å². The molecule has 0 atom stereocenters. The van der Waals surface area contributed by atoms with Gasteiger partial charge in [-0.15, -0.1) is 30.3 Å². The van der Waals surface area contributed by atoms with E-state index in [4.69, 9.17) is 14.0 Å². The fourth-order valence-electron chi connectivity index (χ4n) is 3.30. The Morgan fingerprint density at radius 1 is 0.867 bits per heavy atom. The molecule has 4 aromatic rings. The predicted molar refractivity (Wildman–Crippen MR) is 110 cm³/mol. The normalized spacial score (nSPS) is 11.9. The summed E-state index contributed by atoms with van der Waals surface area (Å²) in [5, 5.41) is 4.50. The van der Waals surface area contributed by atoms with Crippen LogP contribution in [0.25, 0.3) is 5.69 Å². The summed E-state index contributed by atoms with van der Waals surface area (Å²) >= 11 is 0. The summed E-state index contributed by atoms with van der Waals surface area (Å²) in [5.74, 6) is 2.60. The van der Waals surface area contributed by atoms with E-state index in [0.29, 0.717) is 11.5 Å². The van der Waals surface area contributed by atoms with Crippen molar-refractivity contribution in [1.29, 1.82) is 0 Å². The number of hydrogen-bond acceptors (Lipinski definition) is 4. The van der Waals surface area contributed by atoms with E-state index in [2.05, 4.69) is 17.2 Å². The molecule has 0 saturated carbocycles. The fraction of sp³-hybridized carbons (Fsp3) is 0.0870. The first-order valence-corrected chi connectivity index (χ1v) is 9.34. The summed E-state index contributed by atoms with van der Waals surface area (Å²) in [6.45, 7) is 3.98. The minimum absolute atomic E-state index is 0. The summed E-state index contributed by atoms with van der Waals surface area (Å²) in [6.07, 6.45) is 0. The molecule has 5 rings (SSSR count). The standard InChI is InChI=1S/C23H17BN2O3.Pt/c1-16-13-17(2)26(25-16)19-8-6-10-21(15-19)27-20-9-5-7-18(14-20)24-28-22-11-3-4-12-23(22)29-24;/h3-13H,1-2H3;/q-2;+2. The Hall–Kier alpha value is -2.98. The molecule has 2 heterocycles. The fourth-order valence-corrected chi connectivity index (χ4v) is 3.30. The van der Waals surface area contributed by atoms with Gasteiger partial charge < -0.3 is 14.0 Å². The molecule has 0 unspecified atom stereocenters. The van der Waals surface area contributed by atoms with Crippen LogP contribution in [-0.2, 0) is 21.1 Å². The van der Waals surface area contributed by atoms with E-state index in [1.165, 1.54) is 0 Å². The summed E-state index contributed by atoms with van der Waals surface area (Å²) in [5.41, 5.74) is 3.58. The van der Waals surface area contributed by atoms with Crippen LogP contribution in [0.5, 0.6) is 23.0 Å². The zero-order valence-corrected chi connectivity index (χ0v) is 18.6. The molecule has 0 aliphatic carbocycles. The maximum Gasteiger partial charge on any atom is 2.00 e. The minimum Gasteiger partial charge on any atom is -0.521 e. The van der Waals surface area contributed by atoms with Crippen LogP contribution in [0.15, 0.2) is 66.7 Å². The molecule has 0 saturated heterocycles. The average Bonchev–Trinajstić information content (AvgIpc) is 3.31. The minimum atomic E-state index is -0.541. The molecule has 0 spiro atoms. The van der Waals surface area contributed by atoms with Gasteiger partial charge in [-0.3, -0.25) is 4.68 Å². The van der Waals surface area contributed by atoms with Crippen LogP contribution in [0.4, 0.5) is 0 Å². The van der Waals surface area contributed by atoms with Gasteiger partial charge in [0.05, 0.1) is 5.69 Å². The SMILES string of the molecule is Cc1cc(C)n(-c2[c-]c(Oc3[c-]c(B4Oc5ccccc5O4)ccc3)ccc2)n1.[Pt+2]. The second-order valence-electron chi connectivity index (χ2n) is 6.83. The Morgan fingerprint density at radius 3 is 2.20 bits per heavy atom. The number of aryl methyl sites for hydroxylation is 2. The molecule has 1 aromatic heterocycles.